The van der Waals surface area contributed by atoms with E-state index < -0.39 is 15.8 Å². The lowest BCUT2D eigenvalue weighted by atomic mass is 10.0. The van der Waals surface area contributed by atoms with Crippen LogP contribution in [0.1, 0.15) is 16.7 Å². The first kappa shape index (κ1) is 16.8. The third-order valence-electron chi connectivity index (χ3n) is 3.91. The molecule has 1 N–H and O–H groups in total. The summed E-state index contributed by atoms with van der Waals surface area (Å²) in [7, 11) is -2.44. The highest BCUT2D eigenvalue weighted by Gasteiger charge is 2.19. The molecule has 0 atom stereocenters. The third kappa shape index (κ3) is 2.90. The van der Waals surface area contributed by atoms with Crippen molar-refractivity contribution in [2.75, 3.05) is 4.72 Å². The molecule has 0 bridgehead atoms. The van der Waals surface area contributed by atoms with Gasteiger partial charge in [-0.15, -0.1) is 0 Å². The zero-order valence-corrected chi connectivity index (χ0v) is 14.6. The lowest BCUT2D eigenvalue weighted by Gasteiger charge is -2.12. The van der Waals surface area contributed by atoms with E-state index in [4.69, 9.17) is 4.42 Å². The van der Waals surface area contributed by atoms with Crippen LogP contribution >= 0.6 is 0 Å². The zero-order valence-electron chi connectivity index (χ0n) is 13.8. The highest BCUT2D eigenvalue weighted by atomic mass is 32.2. The van der Waals surface area contributed by atoms with Crippen LogP contribution in [0, 0.1) is 25.2 Å². The fourth-order valence-corrected chi connectivity index (χ4v) is 3.76. The van der Waals surface area contributed by atoms with Gasteiger partial charge in [0.25, 0.3) is 10.0 Å². The second-order valence-electron chi connectivity index (χ2n) is 5.78. The molecule has 3 rings (SSSR count). The van der Waals surface area contributed by atoms with E-state index in [9.17, 15) is 18.5 Å². The summed E-state index contributed by atoms with van der Waals surface area (Å²) >= 11 is 0. The van der Waals surface area contributed by atoms with Gasteiger partial charge in [-0.05, 0) is 49.2 Å². The van der Waals surface area contributed by atoms with E-state index >= 15 is 0 Å². The van der Waals surface area contributed by atoms with E-state index in [2.05, 4.69) is 4.72 Å². The van der Waals surface area contributed by atoms with E-state index in [-0.39, 0.29) is 16.1 Å². The first-order valence-electron chi connectivity index (χ1n) is 7.36. The molecule has 0 radical (unpaired) electrons. The van der Waals surface area contributed by atoms with Gasteiger partial charge in [0.2, 0.25) is 0 Å². The van der Waals surface area contributed by atoms with Gasteiger partial charge < -0.3 is 4.42 Å². The molecular formula is C17H15N3O4S. The number of hydrogen-bond donors (Lipinski definition) is 1. The number of benzene rings is 2. The molecule has 1 aromatic heterocycles. The number of nitriles is 1. The first-order chi connectivity index (χ1) is 11.7. The summed E-state index contributed by atoms with van der Waals surface area (Å²) in [5, 5.41) is 9.30. The quantitative estimate of drug-likeness (QED) is 0.775. The molecule has 0 spiro atoms. The number of sulfonamides is 1. The van der Waals surface area contributed by atoms with Crippen molar-refractivity contribution in [3.8, 4) is 6.07 Å². The van der Waals surface area contributed by atoms with Gasteiger partial charge in [0.05, 0.1) is 21.7 Å². The van der Waals surface area contributed by atoms with Crippen LogP contribution in [0.3, 0.4) is 0 Å². The topological polar surface area (TPSA) is 105 Å². The highest BCUT2D eigenvalue weighted by Crippen LogP contribution is 2.25. The molecule has 0 aliphatic carbocycles. The summed E-state index contributed by atoms with van der Waals surface area (Å²) in [6, 6.07) is 9.57. The number of hydrogen-bond acceptors (Lipinski definition) is 5. The number of nitrogens with zero attached hydrogens (tertiary/aromatic N) is 2. The molecule has 25 heavy (non-hydrogen) atoms. The van der Waals surface area contributed by atoms with Gasteiger partial charge in [-0.3, -0.25) is 9.29 Å². The zero-order chi connectivity index (χ0) is 18.4. The van der Waals surface area contributed by atoms with Crippen LogP contribution in [0.25, 0.3) is 11.1 Å². The number of nitrogens with one attached hydrogen (secondary N) is 1. The summed E-state index contributed by atoms with van der Waals surface area (Å²) in [6.45, 7) is 3.57. The molecule has 1 heterocycles. The highest BCUT2D eigenvalue weighted by molar-refractivity contribution is 7.92. The van der Waals surface area contributed by atoms with Crippen molar-refractivity contribution in [3.63, 3.8) is 0 Å². The number of aromatic nitrogens is 1. The summed E-state index contributed by atoms with van der Waals surface area (Å²) in [5.41, 5.74) is 2.69. The molecule has 0 aliphatic heterocycles. The predicted molar refractivity (Wildman–Crippen MR) is 92.9 cm³/mol. The Kier molecular flexibility index (Phi) is 3.89. The monoisotopic (exact) mass is 357 g/mol. The Balaban J connectivity index is 2.11. The van der Waals surface area contributed by atoms with Crippen molar-refractivity contribution in [2.45, 2.75) is 18.7 Å². The normalized spacial score (nSPS) is 11.4. The molecule has 0 amide bonds. The van der Waals surface area contributed by atoms with Crippen molar-refractivity contribution in [1.29, 1.82) is 5.26 Å². The number of aryl methyl sites for hydroxylation is 3. The first-order valence-corrected chi connectivity index (χ1v) is 8.85. The molecule has 0 unspecified atom stereocenters. The Morgan fingerprint density at radius 2 is 1.92 bits per heavy atom. The van der Waals surface area contributed by atoms with Gasteiger partial charge in [-0.1, -0.05) is 6.07 Å². The van der Waals surface area contributed by atoms with Gasteiger partial charge in [0.15, 0.2) is 5.58 Å². The van der Waals surface area contributed by atoms with Crippen molar-refractivity contribution in [2.24, 2.45) is 7.05 Å². The van der Waals surface area contributed by atoms with Gasteiger partial charge in [0.1, 0.15) is 6.07 Å². The molecule has 3 aromatic rings. The minimum atomic E-state index is -3.94. The smallest absolute Gasteiger partial charge is 0.408 e. The van der Waals surface area contributed by atoms with Crippen LogP contribution in [0.15, 0.2) is 44.4 Å². The predicted octanol–water partition coefficient (Wildman–Crippen LogP) is 2.42. The SMILES string of the molecule is Cc1cc(C)c(C#N)c(NS(=O)(=O)c2ccc3oc(=O)n(C)c3c2)c1. The molecule has 128 valence electrons. The maximum absolute atomic E-state index is 12.7. The van der Waals surface area contributed by atoms with Crippen LogP contribution in [0.2, 0.25) is 0 Å². The lowest BCUT2D eigenvalue weighted by Crippen LogP contribution is -2.15. The van der Waals surface area contributed by atoms with Crippen LogP contribution < -0.4 is 10.5 Å². The Labute approximate surface area is 144 Å². The molecule has 0 aliphatic rings. The Morgan fingerprint density at radius 3 is 2.60 bits per heavy atom. The third-order valence-corrected chi connectivity index (χ3v) is 5.27. The molecule has 0 fully saturated rings. The Bertz CT molecular complexity index is 1200. The van der Waals surface area contributed by atoms with Gasteiger partial charge in [-0.2, -0.15) is 5.26 Å². The average Bonchev–Trinajstić information content (AvgIpc) is 2.81. The van der Waals surface area contributed by atoms with Crippen LogP contribution in [-0.2, 0) is 17.1 Å². The standard InChI is InChI=1S/C17H15N3O4S/c1-10-6-11(2)13(9-18)14(7-10)19-25(22,23)12-4-5-16-15(8-12)20(3)17(21)24-16/h4-8,19H,1-3H3. The van der Waals surface area contributed by atoms with E-state index in [0.717, 1.165) is 5.56 Å². The fourth-order valence-electron chi connectivity index (χ4n) is 2.67. The largest absolute Gasteiger partial charge is 0.419 e. The van der Waals surface area contributed by atoms with E-state index in [1.165, 1.54) is 29.8 Å². The molecule has 0 saturated carbocycles. The van der Waals surface area contributed by atoms with Crippen molar-refractivity contribution < 1.29 is 12.8 Å². The molecule has 2 aromatic carbocycles. The minimum Gasteiger partial charge on any atom is -0.408 e. The maximum Gasteiger partial charge on any atom is 0.419 e. The van der Waals surface area contributed by atoms with Gasteiger partial charge in [0, 0.05) is 7.05 Å². The summed E-state index contributed by atoms with van der Waals surface area (Å²) in [5.74, 6) is -0.571. The molecule has 8 heteroatoms. The number of anilines is 1. The summed E-state index contributed by atoms with van der Waals surface area (Å²) in [4.78, 5) is 11.5. The van der Waals surface area contributed by atoms with Crippen molar-refractivity contribution in [1.82, 2.24) is 4.57 Å². The summed E-state index contributed by atoms with van der Waals surface area (Å²) in [6.07, 6.45) is 0. The lowest BCUT2D eigenvalue weighted by molar-refractivity contribution is 0.528. The van der Waals surface area contributed by atoms with E-state index in [1.54, 1.807) is 13.0 Å². The number of fused-ring (bicyclic) bond motifs is 1. The number of oxazole rings is 1. The van der Waals surface area contributed by atoms with Gasteiger partial charge >= 0.3 is 5.76 Å². The molecular weight excluding hydrogens is 342 g/mol. The second-order valence-corrected chi connectivity index (χ2v) is 7.46. The molecule has 7 nitrogen and oxygen atoms in total. The number of rotatable bonds is 3. The minimum absolute atomic E-state index is 0.0283. The fraction of sp³-hybridized carbons (Fsp3) is 0.176. The van der Waals surface area contributed by atoms with Crippen molar-refractivity contribution >= 4 is 26.8 Å². The van der Waals surface area contributed by atoms with E-state index in [1.807, 2.05) is 19.1 Å². The Hall–Kier alpha value is -3.05. The van der Waals surface area contributed by atoms with Gasteiger partial charge in [-0.25, -0.2) is 13.2 Å². The maximum atomic E-state index is 12.7. The second kappa shape index (κ2) is 5.79. The molecule has 0 saturated heterocycles. The summed E-state index contributed by atoms with van der Waals surface area (Å²) < 4.78 is 34.1. The van der Waals surface area contributed by atoms with E-state index in [0.29, 0.717) is 16.7 Å². The van der Waals surface area contributed by atoms with Crippen molar-refractivity contribution in [3.05, 3.63) is 57.6 Å². The van der Waals surface area contributed by atoms with Crippen LogP contribution in [-0.4, -0.2) is 13.0 Å². The van der Waals surface area contributed by atoms with Crippen LogP contribution in [0.4, 0.5) is 5.69 Å². The average molecular weight is 357 g/mol. The van der Waals surface area contributed by atoms with Crippen LogP contribution in [0.5, 0.6) is 0 Å². The Morgan fingerprint density at radius 1 is 1.20 bits per heavy atom.